The topological polar surface area (TPSA) is 101 Å². The van der Waals surface area contributed by atoms with Gasteiger partial charge >= 0.3 is 5.97 Å². The van der Waals surface area contributed by atoms with Crippen molar-refractivity contribution in [2.45, 2.75) is 13.8 Å². The SMILES string of the molecule is C=C(C)C(=O)OCN(CC)c1ccc(C(C#N)=C(C#N)C#N)cc1. The maximum Gasteiger partial charge on any atom is 0.334 e. The molecular weight excluding hydrogens is 304 g/mol. The molecule has 0 unspecified atom stereocenters. The first-order valence-corrected chi connectivity index (χ1v) is 7.11. The second-order valence-corrected chi connectivity index (χ2v) is 4.83. The number of esters is 1. The van der Waals surface area contributed by atoms with E-state index < -0.39 is 5.97 Å². The summed E-state index contributed by atoms with van der Waals surface area (Å²) in [6.45, 7) is 7.68. The number of rotatable bonds is 6. The van der Waals surface area contributed by atoms with Crippen LogP contribution in [0.2, 0.25) is 0 Å². The summed E-state index contributed by atoms with van der Waals surface area (Å²) in [6.07, 6.45) is 0. The van der Waals surface area contributed by atoms with Crippen LogP contribution in [-0.2, 0) is 9.53 Å². The lowest BCUT2D eigenvalue weighted by Crippen LogP contribution is -2.27. The van der Waals surface area contributed by atoms with Crippen LogP contribution in [0.15, 0.2) is 42.0 Å². The Kier molecular flexibility index (Phi) is 6.76. The molecule has 24 heavy (non-hydrogen) atoms. The van der Waals surface area contributed by atoms with Crippen LogP contribution < -0.4 is 4.90 Å². The van der Waals surface area contributed by atoms with Gasteiger partial charge in [-0.15, -0.1) is 0 Å². The highest BCUT2D eigenvalue weighted by atomic mass is 16.5. The number of carbonyl (C=O) groups is 1. The van der Waals surface area contributed by atoms with Gasteiger partial charge in [-0.3, -0.25) is 0 Å². The first-order valence-electron chi connectivity index (χ1n) is 7.11. The van der Waals surface area contributed by atoms with E-state index in [1.165, 1.54) is 0 Å². The van der Waals surface area contributed by atoms with Crippen LogP contribution in [-0.4, -0.2) is 19.2 Å². The van der Waals surface area contributed by atoms with Crippen molar-refractivity contribution in [1.82, 2.24) is 0 Å². The Balaban J connectivity index is 3.01. The van der Waals surface area contributed by atoms with Crippen LogP contribution in [0.1, 0.15) is 19.4 Å². The lowest BCUT2D eigenvalue weighted by molar-refractivity contribution is -0.138. The molecule has 0 saturated carbocycles. The predicted octanol–water partition coefficient (Wildman–Crippen LogP) is 2.91. The summed E-state index contributed by atoms with van der Waals surface area (Å²) in [5, 5.41) is 26.9. The molecule has 0 radical (unpaired) electrons. The minimum atomic E-state index is -0.465. The van der Waals surface area contributed by atoms with E-state index in [9.17, 15) is 4.79 Å². The van der Waals surface area contributed by atoms with E-state index in [-0.39, 0.29) is 17.9 Å². The molecule has 120 valence electrons. The van der Waals surface area contributed by atoms with Crippen molar-refractivity contribution >= 4 is 17.2 Å². The first kappa shape index (κ1) is 18.5. The third kappa shape index (κ3) is 4.47. The molecule has 1 rings (SSSR count). The summed E-state index contributed by atoms with van der Waals surface area (Å²) in [4.78, 5) is 13.3. The number of ether oxygens (including phenoxy) is 1. The number of nitrogens with zero attached hydrogens (tertiary/aromatic N) is 4. The minimum Gasteiger partial charge on any atom is -0.441 e. The van der Waals surface area contributed by atoms with E-state index in [2.05, 4.69) is 6.58 Å². The van der Waals surface area contributed by atoms with Gasteiger partial charge in [-0.05, 0) is 31.5 Å². The highest BCUT2D eigenvalue weighted by Crippen LogP contribution is 2.22. The van der Waals surface area contributed by atoms with Gasteiger partial charge in [-0.25, -0.2) is 4.79 Å². The molecule has 0 heterocycles. The van der Waals surface area contributed by atoms with Crippen LogP contribution in [0.3, 0.4) is 0 Å². The van der Waals surface area contributed by atoms with Gasteiger partial charge < -0.3 is 9.64 Å². The highest BCUT2D eigenvalue weighted by Gasteiger charge is 2.11. The van der Waals surface area contributed by atoms with Crippen molar-refractivity contribution in [1.29, 1.82) is 15.8 Å². The van der Waals surface area contributed by atoms with Crippen LogP contribution in [0, 0.1) is 34.0 Å². The number of anilines is 1. The van der Waals surface area contributed by atoms with E-state index in [4.69, 9.17) is 20.5 Å². The van der Waals surface area contributed by atoms with Gasteiger partial charge in [0.1, 0.15) is 23.8 Å². The quantitative estimate of drug-likeness (QED) is 0.346. The normalized spacial score (nSPS) is 8.96. The average molecular weight is 320 g/mol. The van der Waals surface area contributed by atoms with Crippen molar-refractivity contribution in [2.24, 2.45) is 0 Å². The second-order valence-electron chi connectivity index (χ2n) is 4.83. The molecule has 0 spiro atoms. The van der Waals surface area contributed by atoms with Crippen molar-refractivity contribution in [3.8, 4) is 18.2 Å². The van der Waals surface area contributed by atoms with Crippen LogP contribution >= 0.6 is 0 Å². The van der Waals surface area contributed by atoms with Gasteiger partial charge in [0.05, 0.1) is 5.57 Å². The fraction of sp³-hybridized carbons (Fsp3) is 0.222. The van der Waals surface area contributed by atoms with E-state index in [1.807, 2.05) is 17.9 Å². The smallest absolute Gasteiger partial charge is 0.334 e. The maximum atomic E-state index is 11.5. The van der Waals surface area contributed by atoms with E-state index >= 15 is 0 Å². The molecule has 6 heteroatoms. The van der Waals surface area contributed by atoms with Gasteiger partial charge in [0.2, 0.25) is 0 Å². The van der Waals surface area contributed by atoms with Crippen molar-refractivity contribution in [3.05, 3.63) is 47.6 Å². The van der Waals surface area contributed by atoms with Gasteiger partial charge in [0.25, 0.3) is 0 Å². The van der Waals surface area contributed by atoms with Gasteiger partial charge in [0.15, 0.2) is 6.73 Å². The largest absolute Gasteiger partial charge is 0.441 e. The van der Waals surface area contributed by atoms with Crippen molar-refractivity contribution in [3.63, 3.8) is 0 Å². The van der Waals surface area contributed by atoms with E-state index in [1.54, 1.807) is 43.3 Å². The molecule has 0 aliphatic carbocycles. The average Bonchev–Trinajstić information content (AvgIpc) is 2.60. The number of benzene rings is 1. The molecule has 6 nitrogen and oxygen atoms in total. The van der Waals surface area contributed by atoms with Gasteiger partial charge in [-0.1, -0.05) is 18.7 Å². The Hall–Kier alpha value is -3.56. The molecule has 1 aromatic carbocycles. The third-order valence-electron chi connectivity index (χ3n) is 3.19. The van der Waals surface area contributed by atoms with Crippen molar-refractivity contribution < 1.29 is 9.53 Å². The van der Waals surface area contributed by atoms with Crippen molar-refractivity contribution in [2.75, 3.05) is 18.2 Å². The zero-order chi connectivity index (χ0) is 18.1. The monoisotopic (exact) mass is 320 g/mol. The first-order chi connectivity index (χ1) is 11.5. The summed E-state index contributed by atoms with van der Waals surface area (Å²) >= 11 is 0. The number of allylic oxidation sites excluding steroid dienone is 2. The van der Waals surface area contributed by atoms with Crippen LogP contribution in [0.25, 0.3) is 5.57 Å². The zero-order valence-corrected chi connectivity index (χ0v) is 13.5. The Morgan fingerprint density at radius 3 is 2.17 bits per heavy atom. The van der Waals surface area contributed by atoms with E-state index in [0.29, 0.717) is 17.7 Å². The molecule has 0 fully saturated rings. The lowest BCUT2D eigenvalue weighted by Gasteiger charge is -2.22. The molecular formula is C18H16N4O2. The standard InChI is InChI=1S/C18H16N4O2/c1-4-22(12-24-18(23)13(2)3)16-7-5-14(6-8-16)17(11-21)15(9-19)10-20/h5-8H,2,4,12H2,1,3H3. The predicted molar refractivity (Wildman–Crippen MR) is 89.0 cm³/mol. The summed E-state index contributed by atoms with van der Waals surface area (Å²) in [5.74, 6) is -0.465. The number of carbonyl (C=O) groups excluding carboxylic acids is 1. The maximum absolute atomic E-state index is 11.5. The molecule has 0 atom stereocenters. The fourth-order valence-electron chi connectivity index (χ4n) is 1.85. The molecule has 0 aliphatic rings. The summed E-state index contributed by atoms with van der Waals surface area (Å²) in [6, 6.07) is 12.1. The Bertz CT molecular complexity index is 770. The highest BCUT2D eigenvalue weighted by molar-refractivity contribution is 5.87. The Labute approximate surface area is 141 Å². The van der Waals surface area contributed by atoms with Crippen LogP contribution in [0.4, 0.5) is 5.69 Å². The molecule has 0 aromatic heterocycles. The summed E-state index contributed by atoms with van der Waals surface area (Å²) in [7, 11) is 0. The third-order valence-corrected chi connectivity index (χ3v) is 3.19. The zero-order valence-electron chi connectivity index (χ0n) is 13.5. The minimum absolute atomic E-state index is 0.0308. The number of hydrogen-bond donors (Lipinski definition) is 0. The number of nitriles is 3. The second kappa shape index (κ2) is 8.78. The van der Waals surface area contributed by atoms with Gasteiger partial charge in [0, 0.05) is 17.8 Å². The molecule has 0 bridgehead atoms. The molecule has 1 aromatic rings. The summed E-state index contributed by atoms with van der Waals surface area (Å²) in [5.41, 5.74) is 1.39. The Morgan fingerprint density at radius 2 is 1.75 bits per heavy atom. The van der Waals surface area contributed by atoms with E-state index in [0.717, 1.165) is 5.69 Å². The lowest BCUT2D eigenvalue weighted by atomic mass is 10.0. The fourth-order valence-corrected chi connectivity index (χ4v) is 1.85. The Morgan fingerprint density at radius 1 is 1.17 bits per heavy atom. The molecule has 0 N–H and O–H groups in total. The molecule has 0 saturated heterocycles. The van der Waals surface area contributed by atoms with Crippen LogP contribution in [0.5, 0.6) is 0 Å². The molecule has 0 amide bonds. The van der Waals surface area contributed by atoms with Gasteiger partial charge in [-0.2, -0.15) is 15.8 Å². The molecule has 0 aliphatic heterocycles. The summed E-state index contributed by atoms with van der Waals surface area (Å²) < 4.78 is 5.12. The number of hydrogen-bond acceptors (Lipinski definition) is 6.